The largest absolute Gasteiger partial charge is 0.497 e. The lowest BCUT2D eigenvalue weighted by Crippen LogP contribution is -2.25. The second-order valence-corrected chi connectivity index (χ2v) is 5.15. The zero-order valence-corrected chi connectivity index (χ0v) is 13.2. The normalized spacial score (nSPS) is 10.5. The predicted molar refractivity (Wildman–Crippen MR) is 85.8 cm³/mol. The number of carbonyl (C=O) groups excluding carboxylic acids is 1. The molecule has 2 N–H and O–H groups in total. The van der Waals surface area contributed by atoms with Crippen molar-refractivity contribution >= 4 is 5.91 Å². The zero-order chi connectivity index (χ0) is 16.1. The molecule has 1 aromatic carbocycles. The summed E-state index contributed by atoms with van der Waals surface area (Å²) in [5, 5.41) is 11.6. The maximum absolute atomic E-state index is 12.2. The maximum atomic E-state index is 12.2. The third-order valence-corrected chi connectivity index (χ3v) is 3.63. The lowest BCUT2D eigenvalue weighted by Gasteiger charge is -2.11. The summed E-state index contributed by atoms with van der Waals surface area (Å²) in [6.07, 6.45) is 0.558. The number of hydrogen-bond acceptors (Lipinski definition) is 3. The highest BCUT2D eigenvalue weighted by atomic mass is 16.5. The first-order chi connectivity index (χ1) is 10.6. The van der Waals surface area contributed by atoms with Crippen LogP contribution in [0.3, 0.4) is 0 Å². The fourth-order valence-electron chi connectivity index (χ4n) is 2.50. The topological polar surface area (TPSA) is 63.5 Å². The van der Waals surface area contributed by atoms with E-state index < -0.39 is 0 Å². The van der Waals surface area contributed by atoms with E-state index in [1.807, 2.05) is 48.7 Å². The molecule has 0 radical (unpaired) electrons. The number of aliphatic hydroxyl groups excluding tert-OH is 1. The van der Waals surface area contributed by atoms with Crippen LogP contribution < -0.4 is 10.1 Å². The van der Waals surface area contributed by atoms with E-state index in [1.54, 1.807) is 7.11 Å². The Bertz CT molecular complexity index is 645. The van der Waals surface area contributed by atoms with Crippen LogP contribution in [-0.2, 0) is 0 Å². The molecule has 2 aromatic rings. The lowest BCUT2D eigenvalue weighted by molar-refractivity contribution is 0.0950. The van der Waals surface area contributed by atoms with Gasteiger partial charge in [-0.25, -0.2) is 0 Å². The summed E-state index contributed by atoms with van der Waals surface area (Å²) in [6.45, 7) is 4.45. The molecule has 5 nitrogen and oxygen atoms in total. The summed E-state index contributed by atoms with van der Waals surface area (Å²) >= 11 is 0. The Kier molecular flexibility index (Phi) is 5.22. The monoisotopic (exact) mass is 302 g/mol. The van der Waals surface area contributed by atoms with Crippen LogP contribution in [0.5, 0.6) is 5.75 Å². The molecule has 0 aliphatic carbocycles. The summed E-state index contributed by atoms with van der Waals surface area (Å²) in [6, 6.07) is 9.61. The minimum absolute atomic E-state index is 0.0746. The summed E-state index contributed by atoms with van der Waals surface area (Å²) in [7, 11) is 1.63. The Morgan fingerprint density at radius 1 is 1.27 bits per heavy atom. The van der Waals surface area contributed by atoms with Crippen LogP contribution in [0.1, 0.15) is 28.2 Å². The number of ether oxygens (including phenoxy) is 1. The van der Waals surface area contributed by atoms with Crippen molar-refractivity contribution in [3.05, 3.63) is 47.3 Å². The molecule has 0 saturated heterocycles. The molecule has 2 rings (SSSR count). The molecular weight excluding hydrogens is 280 g/mol. The number of carbonyl (C=O) groups is 1. The van der Waals surface area contributed by atoms with Crippen LogP contribution in [0.4, 0.5) is 0 Å². The van der Waals surface area contributed by atoms with Crippen molar-refractivity contribution in [2.24, 2.45) is 0 Å². The number of nitrogens with zero attached hydrogens (tertiary/aromatic N) is 1. The number of benzene rings is 1. The Morgan fingerprint density at radius 2 is 1.95 bits per heavy atom. The van der Waals surface area contributed by atoms with Gasteiger partial charge in [0, 0.05) is 30.2 Å². The van der Waals surface area contributed by atoms with Gasteiger partial charge >= 0.3 is 0 Å². The van der Waals surface area contributed by atoms with E-state index in [1.165, 1.54) is 0 Å². The van der Waals surface area contributed by atoms with Crippen molar-refractivity contribution in [3.8, 4) is 11.4 Å². The summed E-state index contributed by atoms with van der Waals surface area (Å²) < 4.78 is 7.21. The van der Waals surface area contributed by atoms with E-state index in [9.17, 15) is 4.79 Å². The smallest absolute Gasteiger partial charge is 0.253 e. The van der Waals surface area contributed by atoms with Crippen molar-refractivity contribution in [2.45, 2.75) is 20.3 Å². The zero-order valence-electron chi connectivity index (χ0n) is 13.2. The molecule has 1 aromatic heterocycles. The van der Waals surface area contributed by atoms with Gasteiger partial charge in [0.2, 0.25) is 0 Å². The van der Waals surface area contributed by atoms with Gasteiger partial charge in [0.15, 0.2) is 0 Å². The number of amides is 1. The highest BCUT2D eigenvalue weighted by molar-refractivity contribution is 5.95. The van der Waals surface area contributed by atoms with Crippen molar-refractivity contribution in [2.75, 3.05) is 20.3 Å². The molecule has 0 atom stereocenters. The predicted octanol–water partition coefficient (Wildman–Crippen LogP) is 2.21. The SMILES string of the molecule is COc1ccc(-n2c(C)cc(C(=O)NCCCO)c2C)cc1. The van der Waals surface area contributed by atoms with Gasteiger partial charge in [-0.15, -0.1) is 0 Å². The van der Waals surface area contributed by atoms with Crippen LogP contribution in [0.2, 0.25) is 0 Å². The first-order valence-electron chi connectivity index (χ1n) is 7.31. The fourth-order valence-corrected chi connectivity index (χ4v) is 2.50. The third kappa shape index (κ3) is 3.31. The fraction of sp³-hybridized carbons (Fsp3) is 0.353. The number of rotatable bonds is 6. The van der Waals surface area contributed by atoms with Crippen molar-refractivity contribution < 1.29 is 14.6 Å². The first-order valence-corrected chi connectivity index (χ1v) is 7.31. The van der Waals surface area contributed by atoms with Crippen LogP contribution in [-0.4, -0.2) is 35.8 Å². The number of methoxy groups -OCH3 is 1. The maximum Gasteiger partial charge on any atom is 0.253 e. The molecule has 22 heavy (non-hydrogen) atoms. The highest BCUT2D eigenvalue weighted by Crippen LogP contribution is 2.22. The summed E-state index contributed by atoms with van der Waals surface area (Å²) in [4.78, 5) is 12.2. The summed E-state index contributed by atoms with van der Waals surface area (Å²) in [5.74, 6) is 0.689. The van der Waals surface area contributed by atoms with Crippen molar-refractivity contribution in [3.63, 3.8) is 0 Å². The molecule has 5 heteroatoms. The average molecular weight is 302 g/mol. The Hall–Kier alpha value is -2.27. The average Bonchev–Trinajstić information content (AvgIpc) is 2.82. The number of aryl methyl sites for hydroxylation is 1. The molecule has 0 aliphatic heterocycles. The summed E-state index contributed by atoms with van der Waals surface area (Å²) in [5.41, 5.74) is 3.54. The number of hydrogen-bond donors (Lipinski definition) is 2. The van der Waals surface area contributed by atoms with E-state index in [0.29, 0.717) is 18.5 Å². The third-order valence-electron chi connectivity index (χ3n) is 3.63. The van der Waals surface area contributed by atoms with Gasteiger partial charge in [-0.2, -0.15) is 0 Å². The van der Waals surface area contributed by atoms with Crippen molar-refractivity contribution in [1.29, 1.82) is 0 Å². The van der Waals surface area contributed by atoms with Gasteiger partial charge < -0.3 is 19.7 Å². The highest BCUT2D eigenvalue weighted by Gasteiger charge is 2.16. The van der Waals surface area contributed by atoms with E-state index in [0.717, 1.165) is 22.8 Å². The number of nitrogens with one attached hydrogen (secondary N) is 1. The van der Waals surface area contributed by atoms with E-state index in [2.05, 4.69) is 5.32 Å². The molecule has 0 spiro atoms. The Labute approximate surface area is 130 Å². The molecule has 1 amide bonds. The first kappa shape index (κ1) is 16.1. The van der Waals surface area contributed by atoms with Gasteiger partial charge in [0.25, 0.3) is 5.91 Å². The van der Waals surface area contributed by atoms with Crippen LogP contribution in [0, 0.1) is 13.8 Å². The van der Waals surface area contributed by atoms with Crippen LogP contribution in [0.25, 0.3) is 5.69 Å². The Morgan fingerprint density at radius 3 is 2.55 bits per heavy atom. The molecule has 1 heterocycles. The Balaban J connectivity index is 2.28. The van der Waals surface area contributed by atoms with E-state index >= 15 is 0 Å². The second-order valence-electron chi connectivity index (χ2n) is 5.15. The molecule has 0 aliphatic rings. The minimum Gasteiger partial charge on any atom is -0.497 e. The van der Waals surface area contributed by atoms with Gasteiger partial charge in [-0.1, -0.05) is 0 Å². The quantitative estimate of drug-likeness (QED) is 0.804. The molecular formula is C17H22N2O3. The van der Waals surface area contributed by atoms with Gasteiger partial charge in [-0.3, -0.25) is 4.79 Å². The van der Waals surface area contributed by atoms with E-state index in [-0.39, 0.29) is 12.5 Å². The van der Waals surface area contributed by atoms with Gasteiger partial charge in [-0.05, 0) is 50.6 Å². The van der Waals surface area contributed by atoms with Gasteiger partial charge in [0.1, 0.15) is 5.75 Å². The molecule has 0 fully saturated rings. The molecule has 0 unspecified atom stereocenters. The van der Waals surface area contributed by atoms with E-state index in [4.69, 9.17) is 9.84 Å². The number of aliphatic hydroxyl groups is 1. The number of aromatic nitrogens is 1. The van der Waals surface area contributed by atoms with Crippen LogP contribution >= 0.6 is 0 Å². The van der Waals surface area contributed by atoms with Crippen LogP contribution in [0.15, 0.2) is 30.3 Å². The standard InChI is InChI=1S/C17H22N2O3/c1-12-11-16(17(21)18-9-4-10-20)13(2)19(12)14-5-7-15(22-3)8-6-14/h5-8,11,20H,4,9-10H2,1-3H3,(H,18,21). The molecule has 0 bridgehead atoms. The second kappa shape index (κ2) is 7.13. The minimum atomic E-state index is -0.110. The lowest BCUT2D eigenvalue weighted by atomic mass is 10.2. The van der Waals surface area contributed by atoms with Gasteiger partial charge in [0.05, 0.1) is 12.7 Å². The molecule has 0 saturated carbocycles. The molecule has 118 valence electrons. The van der Waals surface area contributed by atoms with Crippen molar-refractivity contribution in [1.82, 2.24) is 9.88 Å².